The topological polar surface area (TPSA) is 83.6 Å². The Morgan fingerprint density at radius 2 is 1.75 bits per heavy atom. The second-order valence-electron chi connectivity index (χ2n) is 8.17. The summed E-state index contributed by atoms with van der Waals surface area (Å²) in [5.74, 6) is 1.46. The van der Waals surface area contributed by atoms with Crippen molar-refractivity contribution in [3.8, 4) is 11.6 Å². The van der Waals surface area contributed by atoms with Crippen molar-refractivity contribution in [3.05, 3.63) is 78.0 Å². The van der Waals surface area contributed by atoms with Crippen molar-refractivity contribution in [2.45, 2.75) is 24.9 Å². The number of amides is 1. The maximum Gasteiger partial charge on any atom is 0.222 e. The van der Waals surface area contributed by atoms with Crippen LogP contribution < -0.4 is 15.4 Å². The number of fused-ring (bicyclic) bond motifs is 1. The van der Waals surface area contributed by atoms with Gasteiger partial charge >= 0.3 is 0 Å². The van der Waals surface area contributed by atoms with Crippen LogP contribution in [0.2, 0.25) is 0 Å². The van der Waals surface area contributed by atoms with Crippen molar-refractivity contribution in [2.75, 3.05) is 24.2 Å². The molecule has 7 heteroatoms. The number of ether oxygens (including phenoxy) is 1. The Hall–Kier alpha value is -3.87. The summed E-state index contributed by atoms with van der Waals surface area (Å²) >= 11 is 0. The molecule has 1 fully saturated rings. The highest BCUT2D eigenvalue weighted by atomic mass is 16.5. The standard InChI is InChI=1S/C25H24N4O3/c1-29-15-17(10-13-22(29)30)19-5-4-14-26-25(19)32-18-11-8-16(9-12-18)23(31)24-27-20-6-2-3-7-21(20)28-24/h2-9,11-12,14,17,24,27-28H,10,13,15H2,1H3. The van der Waals surface area contributed by atoms with Crippen LogP contribution in [0.5, 0.6) is 11.6 Å². The van der Waals surface area contributed by atoms with Gasteiger partial charge in [-0.25, -0.2) is 4.98 Å². The molecule has 2 aliphatic heterocycles. The van der Waals surface area contributed by atoms with E-state index < -0.39 is 6.17 Å². The summed E-state index contributed by atoms with van der Waals surface area (Å²) in [7, 11) is 1.83. The monoisotopic (exact) mass is 428 g/mol. The van der Waals surface area contributed by atoms with Crippen molar-refractivity contribution >= 4 is 23.1 Å². The Morgan fingerprint density at radius 1 is 1.03 bits per heavy atom. The van der Waals surface area contributed by atoms with Crippen molar-refractivity contribution in [1.29, 1.82) is 0 Å². The highest BCUT2D eigenvalue weighted by Gasteiger charge is 2.28. The Bertz CT molecular complexity index is 1140. The van der Waals surface area contributed by atoms with E-state index in [1.807, 2.05) is 43.4 Å². The Balaban J connectivity index is 1.29. The molecule has 0 bridgehead atoms. The number of carbonyl (C=O) groups excluding carboxylic acids is 2. The molecule has 2 aromatic carbocycles. The van der Waals surface area contributed by atoms with Crippen LogP contribution in [0, 0.1) is 0 Å². The number of pyridine rings is 1. The fourth-order valence-corrected chi connectivity index (χ4v) is 4.24. The molecule has 0 spiro atoms. The normalized spacial score (nSPS) is 18.0. The predicted molar refractivity (Wildman–Crippen MR) is 122 cm³/mol. The number of nitrogens with zero attached hydrogens (tertiary/aromatic N) is 2. The van der Waals surface area contributed by atoms with Gasteiger partial charge in [-0.15, -0.1) is 0 Å². The molecule has 1 amide bonds. The minimum Gasteiger partial charge on any atom is -0.439 e. The number of anilines is 2. The molecule has 3 heterocycles. The molecule has 0 aliphatic carbocycles. The largest absolute Gasteiger partial charge is 0.439 e. The average molecular weight is 428 g/mol. The summed E-state index contributed by atoms with van der Waals surface area (Å²) in [6, 6.07) is 18.7. The van der Waals surface area contributed by atoms with E-state index >= 15 is 0 Å². The van der Waals surface area contributed by atoms with Gasteiger partial charge in [0.2, 0.25) is 17.6 Å². The molecule has 1 aromatic heterocycles. The highest BCUT2D eigenvalue weighted by molar-refractivity contribution is 6.05. The number of para-hydroxylation sites is 2. The molecule has 162 valence electrons. The second kappa shape index (κ2) is 8.34. The molecular weight excluding hydrogens is 404 g/mol. The molecule has 2 aliphatic rings. The third-order valence-corrected chi connectivity index (χ3v) is 6.01. The van der Waals surface area contributed by atoms with Gasteiger partial charge in [0.25, 0.3) is 0 Å². The fraction of sp³-hybridized carbons (Fsp3) is 0.240. The zero-order valence-corrected chi connectivity index (χ0v) is 17.7. The number of hydrogen-bond acceptors (Lipinski definition) is 6. The van der Waals surface area contributed by atoms with Gasteiger partial charge in [0.1, 0.15) is 5.75 Å². The van der Waals surface area contributed by atoms with Gasteiger partial charge < -0.3 is 20.3 Å². The number of hydrogen-bond donors (Lipinski definition) is 2. The van der Waals surface area contributed by atoms with Gasteiger partial charge in [-0.1, -0.05) is 18.2 Å². The lowest BCUT2D eigenvalue weighted by Crippen LogP contribution is -2.35. The Kier molecular flexibility index (Phi) is 5.23. The van der Waals surface area contributed by atoms with Crippen LogP contribution in [0.1, 0.15) is 34.7 Å². The second-order valence-corrected chi connectivity index (χ2v) is 8.17. The minimum atomic E-state index is -0.493. The third kappa shape index (κ3) is 3.89. The summed E-state index contributed by atoms with van der Waals surface area (Å²) < 4.78 is 6.08. The van der Waals surface area contributed by atoms with Gasteiger partial charge in [-0.3, -0.25) is 9.59 Å². The quantitative estimate of drug-likeness (QED) is 0.591. The molecule has 32 heavy (non-hydrogen) atoms. The van der Waals surface area contributed by atoms with Crippen LogP contribution in [0.15, 0.2) is 66.9 Å². The van der Waals surface area contributed by atoms with Crippen LogP contribution in [0.25, 0.3) is 0 Å². The number of rotatable bonds is 5. The minimum absolute atomic E-state index is 0.0406. The first-order valence-electron chi connectivity index (χ1n) is 10.7. The van der Waals surface area contributed by atoms with E-state index in [1.54, 1.807) is 35.4 Å². The molecule has 0 saturated carbocycles. The summed E-state index contributed by atoms with van der Waals surface area (Å²) in [6.07, 6.45) is 2.51. The molecule has 1 atom stereocenters. The van der Waals surface area contributed by atoms with Gasteiger partial charge in [-0.2, -0.15) is 0 Å². The van der Waals surface area contributed by atoms with E-state index in [0.717, 1.165) is 23.4 Å². The lowest BCUT2D eigenvalue weighted by Gasteiger charge is -2.30. The number of nitrogens with one attached hydrogen (secondary N) is 2. The summed E-state index contributed by atoms with van der Waals surface area (Å²) in [4.78, 5) is 30.9. The average Bonchev–Trinajstić information content (AvgIpc) is 3.26. The van der Waals surface area contributed by atoms with E-state index in [4.69, 9.17) is 4.74 Å². The summed E-state index contributed by atoms with van der Waals surface area (Å²) in [6.45, 7) is 0.651. The summed E-state index contributed by atoms with van der Waals surface area (Å²) in [5.41, 5.74) is 3.42. The van der Waals surface area contributed by atoms with Crippen LogP contribution in [-0.2, 0) is 4.79 Å². The third-order valence-electron chi connectivity index (χ3n) is 6.01. The zero-order chi connectivity index (χ0) is 22.1. The number of aromatic nitrogens is 1. The van der Waals surface area contributed by atoms with Gasteiger partial charge in [0, 0.05) is 43.3 Å². The fourth-order valence-electron chi connectivity index (χ4n) is 4.24. The molecular formula is C25H24N4O3. The van der Waals surface area contributed by atoms with E-state index in [1.165, 1.54) is 0 Å². The molecule has 7 nitrogen and oxygen atoms in total. The SMILES string of the molecule is CN1CC(c2cccnc2Oc2ccc(C(=O)C3Nc4ccccc4N3)cc2)CCC1=O. The molecule has 2 N–H and O–H groups in total. The number of likely N-dealkylation sites (N-methyl/N-ethyl adjacent to an activating group) is 1. The van der Waals surface area contributed by atoms with Crippen molar-refractivity contribution in [1.82, 2.24) is 9.88 Å². The smallest absolute Gasteiger partial charge is 0.222 e. The molecule has 3 aromatic rings. The zero-order valence-electron chi connectivity index (χ0n) is 17.7. The molecule has 0 radical (unpaired) electrons. The molecule has 1 saturated heterocycles. The number of piperidine rings is 1. The van der Waals surface area contributed by atoms with Crippen molar-refractivity contribution in [3.63, 3.8) is 0 Å². The van der Waals surface area contributed by atoms with Crippen molar-refractivity contribution < 1.29 is 14.3 Å². The van der Waals surface area contributed by atoms with E-state index in [0.29, 0.717) is 30.2 Å². The number of likely N-dealkylation sites (tertiary alicyclic amines) is 1. The molecule has 5 rings (SSSR count). The highest BCUT2D eigenvalue weighted by Crippen LogP contribution is 2.34. The predicted octanol–water partition coefficient (Wildman–Crippen LogP) is 4.26. The maximum atomic E-state index is 12.9. The first-order valence-corrected chi connectivity index (χ1v) is 10.7. The lowest BCUT2D eigenvalue weighted by atomic mass is 9.91. The maximum absolute atomic E-state index is 12.9. The Labute approximate surface area is 186 Å². The number of benzene rings is 2. The Morgan fingerprint density at radius 3 is 2.44 bits per heavy atom. The van der Waals surface area contributed by atoms with E-state index in [2.05, 4.69) is 15.6 Å². The first-order chi connectivity index (χ1) is 15.6. The van der Waals surface area contributed by atoms with Gasteiger partial charge in [0.05, 0.1) is 11.4 Å². The van der Waals surface area contributed by atoms with Gasteiger partial charge in [0.15, 0.2) is 6.17 Å². The molecule has 1 unspecified atom stereocenters. The van der Waals surface area contributed by atoms with Crippen LogP contribution in [0.4, 0.5) is 11.4 Å². The van der Waals surface area contributed by atoms with E-state index in [9.17, 15) is 9.59 Å². The number of Topliss-reactive ketones (excluding diaryl/α,β-unsaturated/α-hetero) is 1. The first kappa shape index (κ1) is 20.1. The number of ketones is 1. The van der Waals surface area contributed by atoms with Crippen LogP contribution in [0.3, 0.4) is 0 Å². The van der Waals surface area contributed by atoms with Crippen LogP contribution in [-0.4, -0.2) is 41.3 Å². The number of carbonyl (C=O) groups is 2. The van der Waals surface area contributed by atoms with Crippen molar-refractivity contribution in [2.24, 2.45) is 0 Å². The van der Waals surface area contributed by atoms with Crippen LogP contribution >= 0.6 is 0 Å². The lowest BCUT2D eigenvalue weighted by molar-refractivity contribution is -0.132. The summed E-state index contributed by atoms with van der Waals surface area (Å²) in [5, 5.41) is 6.42. The van der Waals surface area contributed by atoms with Gasteiger partial charge in [-0.05, 0) is 48.9 Å². The van der Waals surface area contributed by atoms with E-state index in [-0.39, 0.29) is 17.6 Å².